The molecule has 0 fully saturated rings. The van der Waals surface area contributed by atoms with Crippen LogP contribution in [0.2, 0.25) is 0 Å². The summed E-state index contributed by atoms with van der Waals surface area (Å²) in [7, 11) is 0. The van der Waals surface area contributed by atoms with Gasteiger partial charge in [-0.2, -0.15) is 5.26 Å². The molecule has 8 heteroatoms. The zero-order valence-electron chi connectivity index (χ0n) is 23.1. The number of thioether (sulfide) groups is 1. The van der Waals surface area contributed by atoms with Gasteiger partial charge in [0.2, 0.25) is 5.91 Å². The van der Waals surface area contributed by atoms with Crippen LogP contribution >= 0.6 is 11.8 Å². The molecule has 0 saturated carbocycles. The van der Waals surface area contributed by atoms with E-state index in [1.807, 2.05) is 48.5 Å². The summed E-state index contributed by atoms with van der Waals surface area (Å²) >= 11 is 1.18. The van der Waals surface area contributed by atoms with Gasteiger partial charge in [-0.1, -0.05) is 93.2 Å². The van der Waals surface area contributed by atoms with Crippen LogP contribution in [0, 0.1) is 28.4 Å². The van der Waals surface area contributed by atoms with E-state index in [1.54, 1.807) is 26.0 Å². The van der Waals surface area contributed by atoms with Gasteiger partial charge in [-0.15, -0.1) is 0 Å². The third-order valence-electron chi connectivity index (χ3n) is 6.56. The van der Waals surface area contributed by atoms with Crippen LogP contribution in [0.1, 0.15) is 44.4 Å². The highest BCUT2D eigenvalue weighted by atomic mass is 32.2. The predicted molar refractivity (Wildman–Crippen MR) is 160 cm³/mol. The lowest BCUT2D eigenvalue weighted by molar-refractivity contribution is -0.385. The summed E-state index contributed by atoms with van der Waals surface area (Å²) < 4.78 is 0. The molecule has 0 saturated heterocycles. The topological polar surface area (TPSA) is 109 Å². The Balaban J connectivity index is 1.71. The molecule has 202 valence electrons. The molecule has 0 bridgehead atoms. The number of nitro groups is 1. The molecule has 0 aliphatic carbocycles. The van der Waals surface area contributed by atoms with Crippen LogP contribution in [0.15, 0.2) is 83.9 Å². The second-order valence-corrected chi connectivity index (χ2v) is 11.9. The number of aromatic nitrogens is 1. The minimum atomic E-state index is -0.637. The number of benzene rings is 3. The van der Waals surface area contributed by atoms with E-state index in [0.29, 0.717) is 27.5 Å². The number of nitriles is 1. The predicted octanol–water partition coefficient (Wildman–Crippen LogP) is 7.92. The average Bonchev–Trinajstić information content (AvgIpc) is 2.93. The summed E-state index contributed by atoms with van der Waals surface area (Å²) in [4.78, 5) is 28.8. The van der Waals surface area contributed by atoms with Crippen LogP contribution in [0.4, 0.5) is 11.4 Å². The van der Waals surface area contributed by atoms with Crippen LogP contribution in [0.3, 0.4) is 0 Å². The van der Waals surface area contributed by atoms with Crippen molar-refractivity contribution in [3.8, 4) is 28.5 Å². The highest BCUT2D eigenvalue weighted by Gasteiger charge is 2.23. The molecule has 1 unspecified atom stereocenters. The maximum absolute atomic E-state index is 13.1. The zero-order chi connectivity index (χ0) is 29.0. The second-order valence-electron chi connectivity index (χ2n) is 10.5. The first-order valence-electron chi connectivity index (χ1n) is 12.8. The van der Waals surface area contributed by atoms with Gasteiger partial charge < -0.3 is 5.32 Å². The SMILES string of the molecule is Cc1ccc(NC(=O)C(C)Sc2nc(-c3ccccc3)cc(-c3ccc(C(C)(C)C)cc3)c2C#N)cc1[N+](=O)[O-]. The zero-order valence-corrected chi connectivity index (χ0v) is 23.9. The van der Waals surface area contributed by atoms with Crippen molar-refractivity contribution in [2.24, 2.45) is 0 Å². The van der Waals surface area contributed by atoms with Crippen molar-refractivity contribution in [3.63, 3.8) is 0 Å². The summed E-state index contributed by atoms with van der Waals surface area (Å²) in [6.45, 7) is 9.82. The Hall–Kier alpha value is -4.48. The lowest BCUT2D eigenvalue weighted by Gasteiger charge is -2.20. The first-order valence-corrected chi connectivity index (χ1v) is 13.7. The first-order chi connectivity index (χ1) is 19.0. The van der Waals surface area contributed by atoms with Gasteiger partial charge >= 0.3 is 0 Å². The van der Waals surface area contributed by atoms with E-state index in [-0.39, 0.29) is 17.0 Å². The molecule has 3 aromatic carbocycles. The number of hydrogen-bond acceptors (Lipinski definition) is 6. The standard InChI is InChI=1S/C32H30N4O3S/c1-20-11-16-25(17-29(20)36(38)39)34-30(37)21(2)40-31-27(19-33)26(18-28(35-31)23-9-7-6-8-10-23)22-12-14-24(15-13-22)32(3,4)5/h6-18,21H,1-5H3,(H,34,37). The molecule has 4 aromatic rings. The number of carbonyl (C=O) groups excluding carboxylic acids is 1. The summed E-state index contributed by atoms with van der Waals surface area (Å²) in [6, 6.07) is 26.7. The van der Waals surface area contributed by atoms with Gasteiger partial charge in [0.05, 0.1) is 21.4 Å². The second kappa shape index (κ2) is 11.7. The van der Waals surface area contributed by atoms with Gasteiger partial charge in [0.25, 0.3) is 5.69 Å². The van der Waals surface area contributed by atoms with Crippen LogP contribution in [0.5, 0.6) is 0 Å². The fraction of sp³-hybridized carbons (Fsp3) is 0.219. The Bertz CT molecular complexity index is 1600. The van der Waals surface area contributed by atoms with Gasteiger partial charge in [-0.3, -0.25) is 14.9 Å². The molecule has 0 radical (unpaired) electrons. The van der Waals surface area contributed by atoms with Crippen molar-refractivity contribution >= 4 is 29.0 Å². The monoisotopic (exact) mass is 550 g/mol. The molecule has 40 heavy (non-hydrogen) atoms. The number of nitro benzene ring substituents is 1. The van der Waals surface area contributed by atoms with Crippen LogP contribution < -0.4 is 5.32 Å². The number of nitrogens with one attached hydrogen (secondary N) is 1. The number of rotatable bonds is 7. The molecule has 1 N–H and O–H groups in total. The molecule has 7 nitrogen and oxygen atoms in total. The Kier molecular flexibility index (Phi) is 8.36. The van der Waals surface area contributed by atoms with E-state index in [0.717, 1.165) is 16.7 Å². The Morgan fingerprint density at radius 3 is 2.30 bits per heavy atom. The molecule has 0 aliphatic rings. The van der Waals surface area contributed by atoms with Crippen molar-refractivity contribution in [2.45, 2.75) is 50.3 Å². The smallest absolute Gasteiger partial charge is 0.274 e. The van der Waals surface area contributed by atoms with Crippen LogP contribution in [-0.2, 0) is 10.2 Å². The van der Waals surface area contributed by atoms with Gasteiger partial charge in [0.1, 0.15) is 11.1 Å². The molecule has 1 amide bonds. The molecule has 1 heterocycles. The summed E-state index contributed by atoms with van der Waals surface area (Å²) in [5, 5.41) is 24.1. The van der Waals surface area contributed by atoms with Crippen LogP contribution in [0.25, 0.3) is 22.4 Å². The third kappa shape index (κ3) is 6.38. The van der Waals surface area contributed by atoms with Crippen molar-refractivity contribution in [3.05, 3.63) is 106 Å². The third-order valence-corrected chi connectivity index (χ3v) is 7.65. The van der Waals surface area contributed by atoms with E-state index in [9.17, 15) is 20.2 Å². The minimum Gasteiger partial charge on any atom is -0.325 e. The fourth-order valence-corrected chi connectivity index (χ4v) is 5.12. The highest BCUT2D eigenvalue weighted by Crippen LogP contribution is 2.37. The molecule has 1 aromatic heterocycles. The van der Waals surface area contributed by atoms with Gasteiger partial charge in [-0.25, -0.2) is 4.98 Å². The normalized spacial score (nSPS) is 11.9. The largest absolute Gasteiger partial charge is 0.325 e. The summed E-state index contributed by atoms with van der Waals surface area (Å²) in [6.07, 6.45) is 0. The van der Waals surface area contributed by atoms with E-state index in [2.05, 4.69) is 44.3 Å². The van der Waals surface area contributed by atoms with Crippen molar-refractivity contribution < 1.29 is 9.72 Å². The molecule has 0 spiro atoms. The lowest BCUT2D eigenvalue weighted by atomic mass is 9.86. The minimum absolute atomic E-state index is 0.00822. The summed E-state index contributed by atoms with van der Waals surface area (Å²) in [5.74, 6) is -0.352. The Labute approximate surface area is 238 Å². The number of carbonyl (C=O) groups is 1. The number of nitrogens with zero attached hydrogens (tertiary/aromatic N) is 3. The van der Waals surface area contributed by atoms with Gasteiger partial charge in [0.15, 0.2) is 0 Å². The van der Waals surface area contributed by atoms with Gasteiger partial charge in [-0.05, 0) is 42.5 Å². The Morgan fingerprint density at radius 1 is 1.02 bits per heavy atom. The van der Waals surface area contributed by atoms with E-state index < -0.39 is 10.2 Å². The maximum atomic E-state index is 13.1. The fourth-order valence-electron chi connectivity index (χ4n) is 4.20. The van der Waals surface area contributed by atoms with Crippen molar-refractivity contribution in [1.29, 1.82) is 5.26 Å². The molecule has 1 atom stereocenters. The van der Waals surface area contributed by atoms with E-state index in [4.69, 9.17) is 4.98 Å². The quantitative estimate of drug-likeness (QED) is 0.142. The van der Waals surface area contributed by atoms with Crippen molar-refractivity contribution in [1.82, 2.24) is 4.98 Å². The first kappa shape index (κ1) is 28.5. The number of hydrogen-bond donors (Lipinski definition) is 1. The molecular formula is C32H30N4O3S. The molecule has 4 rings (SSSR count). The number of pyridine rings is 1. The van der Waals surface area contributed by atoms with Crippen molar-refractivity contribution in [2.75, 3.05) is 5.32 Å². The van der Waals surface area contributed by atoms with E-state index >= 15 is 0 Å². The van der Waals surface area contributed by atoms with Crippen LogP contribution in [-0.4, -0.2) is 21.1 Å². The maximum Gasteiger partial charge on any atom is 0.274 e. The average molecular weight is 551 g/mol. The number of amides is 1. The summed E-state index contributed by atoms with van der Waals surface area (Å²) in [5.41, 5.74) is 5.55. The molecular weight excluding hydrogens is 520 g/mol. The Morgan fingerprint density at radius 2 is 1.70 bits per heavy atom. The lowest BCUT2D eigenvalue weighted by Crippen LogP contribution is -2.22. The number of anilines is 1. The van der Waals surface area contributed by atoms with Gasteiger partial charge in [0, 0.05) is 28.4 Å². The molecule has 0 aliphatic heterocycles. The van der Waals surface area contributed by atoms with E-state index in [1.165, 1.54) is 23.4 Å². The highest BCUT2D eigenvalue weighted by molar-refractivity contribution is 8.00. The number of aryl methyl sites for hydroxylation is 1.